The molecule has 0 radical (unpaired) electrons. The van der Waals surface area contributed by atoms with Gasteiger partial charge in [0.2, 0.25) is 0 Å². The number of morpholine rings is 1. The third kappa shape index (κ3) is 4.73. The molecule has 0 saturated carbocycles. The molecule has 0 amide bonds. The number of ether oxygens (including phenoxy) is 1. The van der Waals surface area contributed by atoms with Crippen LogP contribution in [0.1, 0.15) is 28.5 Å². The summed E-state index contributed by atoms with van der Waals surface area (Å²) in [5.74, 6) is 0.107. The third-order valence-corrected chi connectivity index (χ3v) is 4.84. The van der Waals surface area contributed by atoms with Crippen LogP contribution < -0.4 is 5.32 Å². The molecule has 1 aliphatic heterocycles. The maximum Gasteiger partial charge on any atom is 0.141 e. The number of benzene rings is 1. The Morgan fingerprint density at radius 3 is 2.88 bits per heavy atom. The van der Waals surface area contributed by atoms with Crippen LogP contribution in [0.15, 0.2) is 41.0 Å². The predicted molar refractivity (Wildman–Crippen MR) is 97.1 cm³/mol. The first-order valence-electron chi connectivity index (χ1n) is 8.13. The lowest BCUT2D eigenvalue weighted by molar-refractivity contribution is -0.117. The molecule has 2 aromatic rings. The van der Waals surface area contributed by atoms with Crippen LogP contribution in [-0.4, -0.2) is 30.5 Å². The highest BCUT2D eigenvalue weighted by Gasteiger charge is 2.17. The Bertz CT molecular complexity index is 793. The number of rotatable bonds is 5. The molecule has 1 aromatic heterocycles. The lowest BCUT2D eigenvalue weighted by Crippen LogP contribution is -2.33. The number of hydrogen-bond acceptors (Lipinski definition) is 5. The second-order valence-electron chi connectivity index (χ2n) is 5.97. The largest absolute Gasteiger partial charge is 0.371 e. The van der Waals surface area contributed by atoms with Crippen molar-refractivity contribution < 1.29 is 9.53 Å². The topological polar surface area (TPSA) is 75.0 Å². The Labute approximate surface area is 155 Å². The van der Waals surface area contributed by atoms with Crippen LogP contribution in [0.2, 0.25) is 0 Å². The number of carbonyl (C=O) groups excluding carboxylic acids is 1. The van der Waals surface area contributed by atoms with Gasteiger partial charge in [-0.05, 0) is 28.8 Å². The summed E-state index contributed by atoms with van der Waals surface area (Å²) in [5.41, 5.74) is 3.23. The Hall–Kier alpha value is -2.07. The Kier molecular flexibility index (Phi) is 5.92. The van der Waals surface area contributed by atoms with Crippen molar-refractivity contribution in [2.75, 3.05) is 19.7 Å². The minimum Gasteiger partial charge on any atom is -0.371 e. The van der Waals surface area contributed by atoms with E-state index in [1.807, 2.05) is 24.3 Å². The fourth-order valence-electron chi connectivity index (χ4n) is 2.78. The van der Waals surface area contributed by atoms with Gasteiger partial charge < -0.3 is 10.1 Å². The molecule has 0 bridgehead atoms. The fourth-order valence-corrected chi connectivity index (χ4v) is 3.32. The number of ketones is 1. The van der Waals surface area contributed by atoms with Crippen molar-refractivity contribution in [2.45, 2.75) is 18.9 Å². The van der Waals surface area contributed by atoms with E-state index in [-0.39, 0.29) is 11.9 Å². The zero-order valence-electron chi connectivity index (χ0n) is 13.7. The van der Waals surface area contributed by atoms with Crippen molar-refractivity contribution in [1.82, 2.24) is 10.3 Å². The van der Waals surface area contributed by atoms with Crippen LogP contribution in [-0.2, 0) is 22.4 Å². The van der Waals surface area contributed by atoms with Crippen LogP contribution in [0, 0.1) is 11.3 Å². The number of hydrogen-bond donors (Lipinski definition) is 1. The zero-order chi connectivity index (χ0) is 17.6. The first-order valence-corrected chi connectivity index (χ1v) is 8.92. The van der Waals surface area contributed by atoms with E-state index in [9.17, 15) is 4.79 Å². The van der Waals surface area contributed by atoms with Gasteiger partial charge in [-0.25, -0.2) is 4.98 Å². The van der Waals surface area contributed by atoms with Gasteiger partial charge in [-0.1, -0.05) is 34.1 Å². The molecule has 6 heteroatoms. The Morgan fingerprint density at radius 1 is 1.36 bits per heavy atom. The Balaban J connectivity index is 1.63. The second kappa shape index (κ2) is 8.34. The maximum absolute atomic E-state index is 12.3. The van der Waals surface area contributed by atoms with Crippen molar-refractivity contribution in [3.8, 4) is 6.07 Å². The molecule has 1 saturated heterocycles. The SMILES string of the molecule is N#Cc1ccc(CC(=O)Cc2ccc([C@@H]3CNCCO3)cc2Br)cn1. The third-order valence-electron chi connectivity index (χ3n) is 4.10. The van der Waals surface area contributed by atoms with Crippen molar-refractivity contribution >= 4 is 21.7 Å². The zero-order valence-corrected chi connectivity index (χ0v) is 15.3. The van der Waals surface area contributed by atoms with Crippen LogP contribution in [0.3, 0.4) is 0 Å². The van der Waals surface area contributed by atoms with E-state index in [4.69, 9.17) is 10.00 Å². The van der Waals surface area contributed by atoms with Crippen molar-refractivity contribution in [3.05, 3.63) is 63.4 Å². The maximum atomic E-state index is 12.3. The highest BCUT2D eigenvalue weighted by molar-refractivity contribution is 9.10. The summed E-state index contributed by atoms with van der Waals surface area (Å²) >= 11 is 3.57. The minimum absolute atomic E-state index is 0.0551. The number of Topliss-reactive ketones (excluding diaryl/α,β-unsaturated/α-hetero) is 1. The number of nitriles is 1. The van der Waals surface area contributed by atoms with Gasteiger partial charge in [0.25, 0.3) is 0 Å². The molecular formula is C19H18BrN3O2. The molecule has 25 heavy (non-hydrogen) atoms. The normalized spacial score (nSPS) is 17.0. The van der Waals surface area contributed by atoms with Gasteiger partial charge in [0.1, 0.15) is 17.5 Å². The van der Waals surface area contributed by atoms with Crippen LogP contribution in [0.5, 0.6) is 0 Å². The fraction of sp³-hybridized carbons (Fsp3) is 0.316. The highest BCUT2D eigenvalue weighted by atomic mass is 79.9. The lowest BCUT2D eigenvalue weighted by Gasteiger charge is -2.24. The van der Waals surface area contributed by atoms with E-state index in [2.05, 4.69) is 26.2 Å². The summed E-state index contributed by atoms with van der Waals surface area (Å²) in [7, 11) is 0. The summed E-state index contributed by atoms with van der Waals surface area (Å²) in [6.45, 7) is 2.39. The first-order chi connectivity index (χ1) is 12.2. The highest BCUT2D eigenvalue weighted by Crippen LogP contribution is 2.26. The van der Waals surface area contributed by atoms with E-state index in [1.54, 1.807) is 18.3 Å². The number of nitrogens with one attached hydrogen (secondary N) is 1. The molecule has 1 aliphatic rings. The number of pyridine rings is 1. The molecule has 2 heterocycles. The number of aromatic nitrogens is 1. The molecule has 1 fully saturated rings. The summed E-state index contributed by atoms with van der Waals surface area (Å²) in [6.07, 6.45) is 2.30. The van der Waals surface area contributed by atoms with Crippen LogP contribution in [0.25, 0.3) is 0 Å². The molecule has 3 rings (SSSR count). The average Bonchev–Trinajstić information content (AvgIpc) is 2.65. The molecule has 5 nitrogen and oxygen atoms in total. The summed E-state index contributed by atoms with van der Waals surface area (Å²) in [6, 6.07) is 11.4. The first kappa shape index (κ1) is 17.7. The quantitative estimate of drug-likeness (QED) is 0.836. The van der Waals surface area contributed by atoms with E-state index in [0.717, 1.165) is 34.3 Å². The smallest absolute Gasteiger partial charge is 0.141 e. The van der Waals surface area contributed by atoms with Crippen molar-refractivity contribution in [2.24, 2.45) is 0 Å². The van der Waals surface area contributed by atoms with E-state index < -0.39 is 0 Å². The van der Waals surface area contributed by atoms with Gasteiger partial charge in [-0.15, -0.1) is 0 Å². The molecule has 1 aromatic carbocycles. The van der Waals surface area contributed by atoms with Crippen LogP contribution in [0.4, 0.5) is 0 Å². The molecular weight excluding hydrogens is 382 g/mol. The van der Waals surface area contributed by atoms with E-state index >= 15 is 0 Å². The molecule has 1 atom stereocenters. The summed E-state index contributed by atoms with van der Waals surface area (Å²) in [5, 5.41) is 12.1. The number of carbonyl (C=O) groups is 1. The summed E-state index contributed by atoms with van der Waals surface area (Å²) < 4.78 is 6.68. The van der Waals surface area contributed by atoms with Gasteiger partial charge in [0, 0.05) is 36.6 Å². The van der Waals surface area contributed by atoms with Gasteiger partial charge >= 0.3 is 0 Å². The summed E-state index contributed by atoms with van der Waals surface area (Å²) in [4.78, 5) is 16.3. The van der Waals surface area contributed by atoms with Gasteiger partial charge in [-0.2, -0.15) is 5.26 Å². The van der Waals surface area contributed by atoms with Gasteiger partial charge in [0.15, 0.2) is 0 Å². The van der Waals surface area contributed by atoms with Crippen LogP contribution >= 0.6 is 15.9 Å². The number of halogens is 1. The average molecular weight is 400 g/mol. The molecule has 1 N–H and O–H groups in total. The monoisotopic (exact) mass is 399 g/mol. The van der Waals surface area contributed by atoms with E-state index in [1.165, 1.54) is 0 Å². The second-order valence-corrected chi connectivity index (χ2v) is 6.82. The lowest BCUT2D eigenvalue weighted by atomic mass is 10.0. The minimum atomic E-state index is 0.0551. The Morgan fingerprint density at radius 2 is 2.24 bits per heavy atom. The molecule has 0 spiro atoms. The molecule has 128 valence electrons. The molecule has 0 unspecified atom stereocenters. The molecule has 0 aliphatic carbocycles. The predicted octanol–water partition coefficient (Wildman–Crippen LogP) is 2.73. The van der Waals surface area contributed by atoms with Crippen molar-refractivity contribution in [1.29, 1.82) is 5.26 Å². The van der Waals surface area contributed by atoms with Crippen molar-refractivity contribution in [3.63, 3.8) is 0 Å². The standard InChI is InChI=1S/C19H18BrN3O2/c20-18-9-15(19-12-22-5-6-25-19)3-2-14(18)8-17(24)7-13-1-4-16(10-21)23-11-13/h1-4,9,11,19,22H,5-8,12H2/t19-/m0/s1. The van der Waals surface area contributed by atoms with E-state index in [0.29, 0.717) is 25.1 Å². The number of nitrogens with zero attached hydrogens (tertiary/aromatic N) is 2. The van der Waals surface area contributed by atoms with Gasteiger partial charge in [-0.3, -0.25) is 4.79 Å². The van der Waals surface area contributed by atoms with Gasteiger partial charge in [0.05, 0.1) is 12.7 Å².